The predicted octanol–water partition coefficient (Wildman–Crippen LogP) is 3.09. The van der Waals surface area contributed by atoms with Crippen LogP contribution in [-0.2, 0) is 22.4 Å². The Morgan fingerprint density at radius 3 is 2.53 bits per heavy atom. The molecule has 0 aliphatic carbocycles. The quantitative estimate of drug-likeness (QED) is 0.663. The first-order valence-electron chi connectivity index (χ1n) is 10.1. The maximum atomic E-state index is 11.7. The van der Waals surface area contributed by atoms with Gasteiger partial charge in [0.05, 0.1) is 12.8 Å². The molecule has 30 heavy (non-hydrogen) atoms. The van der Waals surface area contributed by atoms with Gasteiger partial charge in [-0.05, 0) is 49.7 Å². The molecule has 0 saturated heterocycles. The van der Waals surface area contributed by atoms with Crippen LogP contribution >= 0.6 is 0 Å². The van der Waals surface area contributed by atoms with Gasteiger partial charge in [-0.15, -0.1) is 0 Å². The Balaban J connectivity index is 1.48. The smallest absolute Gasteiger partial charge is 0.224 e. The Labute approximate surface area is 177 Å². The van der Waals surface area contributed by atoms with Gasteiger partial charge >= 0.3 is 0 Å². The van der Waals surface area contributed by atoms with Gasteiger partial charge in [0, 0.05) is 37.7 Å². The molecular weight excluding hydrogens is 382 g/mol. The molecule has 2 amide bonds. The number of carbonyl (C=O) groups is 2. The molecule has 7 nitrogen and oxygen atoms in total. The van der Waals surface area contributed by atoms with Crippen LogP contribution in [0.15, 0.2) is 36.4 Å². The monoisotopic (exact) mass is 411 g/mol. The molecule has 2 aromatic carbocycles. The van der Waals surface area contributed by atoms with E-state index in [2.05, 4.69) is 22.6 Å². The molecule has 1 aliphatic rings. The Morgan fingerprint density at radius 2 is 1.83 bits per heavy atom. The molecule has 0 bridgehead atoms. The molecule has 7 heteroatoms. The van der Waals surface area contributed by atoms with Gasteiger partial charge in [0.1, 0.15) is 18.1 Å². The van der Waals surface area contributed by atoms with Gasteiger partial charge in [-0.3, -0.25) is 9.59 Å². The normalized spacial score (nSPS) is 12.9. The molecule has 1 heterocycles. The Morgan fingerprint density at radius 1 is 1.10 bits per heavy atom. The molecule has 2 aromatic rings. The lowest BCUT2D eigenvalue weighted by molar-refractivity contribution is -0.116. The van der Waals surface area contributed by atoms with Crippen LogP contribution in [0, 0.1) is 0 Å². The van der Waals surface area contributed by atoms with E-state index in [0.717, 1.165) is 42.2 Å². The van der Waals surface area contributed by atoms with E-state index in [-0.39, 0.29) is 11.8 Å². The van der Waals surface area contributed by atoms with Gasteiger partial charge in [-0.2, -0.15) is 0 Å². The summed E-state index contributed by atoms with van der Waals surface area (Å²) < 4.78 is 11.4. The van der Waals surface area contributed by atoms with Crippen molar-refractivity contribution in [2.24, 2.45) is 0 Å². The van der Waals surface area contributed by atoms with Crippen LogP contribution in [-0.4, -0.2) is 50.6 Å². The van der Waals surface area contributed by atoms with E-state index in [9.17, 15) is 9.59 Å². The largest absolute Gasteiger partial charge is 0.495 e. The third kappa shape index (κ3) is 5.73. The van der Waals surface area contributed by atoms with Crippen LogP contribution in [0.1, 0.15) is 24.5 Å². The minimum Gasteiger partial charge on any atom is -0.495 e. The van der Waals surface area contributed by atoms with E-state index in [4.69, 9.17) is 9.47 Å². The second-order valence-electron chi connectivity index (χ2n) is 7.45. The number of anilines is 2. The van der Waals surface area contributed by atoms with E-state index in [1.54, 1.807) is 7.11 Å². The van der Waals surface area contributed by atoms with Crippen molar-refractivity contribution >= 4 is 23.2 Å². The minimum atomic E-state index is -0.0667. The average molecular weight is 412 g/mol. The van der Waals surface area contributed by atoms with Crippen molar-refractivity contribution in [3.8, 4) is 11.5 Å². The molecule has 0 unspecified atom stereocenters. The molecule has 160 valence electrons. The maximum Gasteiger partial charge on any atom is 0.224 e. The number of rotatable bonds is 9. The number of hydrogen-bond acceptors (Lipinski definition) is 5. The predicted molar refractivity (Wildman–Crippen MR) is 117 cm³/mol. The number of amides is 2. The summed E-state index contributed by atoms with van der Waals surface area (Å²) in [6.45, 7) is 3.75. The minimum absolute atomic E-state index is 0.00258. The average Bonchev–Trinajstić information content (AvgIpc) is 2.72. The van der Waals surface area contributed by atoms with Gasteiger partial charge in [-0.1, -0.05) is 12.1 Å². The zero-order valence-corrected chi connectivity index (χ0v) is 17.8. The Bertz CT molecular complexity index is 896. The number of likely N-dealkylation sites (N-methyl/N-ethyl adjacent to an activating group) is 1. The first-order valence-corrected chi connectivity index (χ1v) is 10.1. The summed E-state index contributed by atoms with van der Waals surface area (Å²) in [6, 6.07) is 11.7. The fourth-order valence-corrected chi connectivity index (χ4v) is 3.44. The number of carbonyl (C=O) groups excluding carboxylic acids is 2. The van der Waals surface area contributed by atoms with Crippen LogP contribution in [0.4, 0.5) is 11.4 Å². The van der Waals surface area contributed by atoms with Gasteiger partial charge in [0.15, 0.2) is 0 Å². The van der Waals surface area contributed by atoms with Gasteiger partial charge in [-0.25, -0.2) is 0 Å². The van der Waals surface area contributed by atoms with Crippen molar-refractivity contribution in [1.82, 2.24) is 4.90 Å². The van der Waals surface area contributed by atoms with Crippen molar-refractivity contribution in [2.45, 2.75) is 26.2 Å². The first kappa shape index (κ1) is 21.6. The van der Waals surface area contributed by atoms with E-state index in [0.29, 0.717) is 25.2 Å². The molecular formula is C23H29N3O4. The van der Waals surface area contributed by atoms with Gasteiger partial charge in [0.2, 0.25) is 11.8 Å². The molecule has 0 spiro atoms. The van der Waals surface area contributed by atoms with Crippen molar-refractivity contribution in [3.63, 3.8) is 0 Å². The van der Waals surface area contributed by atoms with Crippen molar-refractivity contribution in [2.75, 3.05) is 44.5 Å². The number of hydrogen-bond donors (Lipinski definition) is 2. The number of benzene rings is 2. The van der Waals surface area contributed by atoms with Crippen molar-refractivity contribution in [1.29, 1.82) is 0 Å². The Hall–Kier alpha value is -3.06. The zero-order valence-electron chi connectivity index (χ0n) is 17.8. The molecule has 2 N–H and O–H groups in total. The summed E-state index contributed by atoms with van der Waals surface area (Å²) in [6.07, 6.45) is 2.02. The molecule has 0 radical (unpaired) electrons. The van der Waals surface area contributed by atoms with Crippen LogP contribution < -0.4 is 20.1 Å². The lowest BCUT2D eigenvalue weighted by Crippen LogP contribution is -2.27. The standard InChI is InChI=1S/C23H29N3O4/c1-16(27)24-18-6-4-17(5-7-18)12-13-26(2)14-15-30-20-9-10-21(29-3)23-19(20)8-11-22(28)25-23/h4-7,9-10H,8,11-15H2,1-3H3,(H,24,27)(H,25,28). The summed E-state index contributed by atoms with van der Waals surface area (Å²) in [5.74, 6) is 1.39. The lowest BCUT2D eigenvalue weighted by atomic mass is 10.0. The fraction of sp³-hybridized carbons (Fsp3) is 0.391. The number of fused-ring (bicyclic) bond motifs is 1. The number of nitrogens with zero attached hydrogens (tertiary/aromatic N) is 1. The van der Waals surface area contributed by atoms with Gasteiger partial charge < -0.3 is 25.0 Å². The number of ether oxygens (including phenoxy) is 2. The van der Waals surface area contributed by atoms with Gasteiger partial charge in [0.25, 0.3) is 0 Å². The summed E-state index contributed by atoms with van der Waals surface area (Å²) in [4.78, 5) is 25.0. The van der Waals surface area contributed by atoms with E-state index >= 15 is 0 Å². The summed E-state index contributed by atoms with van der Waals surface area (Å²) in [5, 5.41) is 5.67. The SMILES string of the molecule is COc1ccc(OCCN(C)CCc2ccc(NC(C)=O)cc2)c2c1NC(=O)CC2. The van der Waals surface area contributed by atoms with E-state index < -0.39 is 0 Å². The molecule has 1 aliphatic heterocycles. The lowest BCUT2D eigenvalue weighted by Gasteiger charge is -2.23. The molecule has 0 aromatic heterocycles. The van der Waals surface area contributed by atoms with Crippen LogP contribution in [0.25, 0.3) is 0 Å². The van der Waals surface area contributed by atoms with Crippen molar-refractivity contribution in [3.05, 3.63) is 47.5 Å². The highest BCUT2D eigenvalue weighted by atomic mass is 16.5. The first-order chi connectivity index (χ1) is 14.5. The zero-order chi connectivity index (χ0) is 21.5. The molecule has 3 rings (SSSR count). The van der Waals surface area contributed by atoms with Crippen molar-refractivity contribution < 1.29 is 19.1 Å². The highest BCUT2D eigenvalue weighted by molar-refractivity contribution is 5.96. The van der Waals surface area contributed by atoms with Crippen LogP contribution in [0.5, 0.6) is 11.5 Å². The molecule has 0 atom stereocenters. The van der Waals surface area contributed by atoms with E-state index in [1.807, 2.05) is 36.4 Å². The highest BCUT2D eigenvalue weighted by Gasteiger charge is 2.22. The van der Waals surface area contributed by atoms with Crippen LogP contribution in [0.2, 0.25) is 0 Å². The second-order valence-corrected chi connectivity index (χ2v) is 7.45. The molecule has 0 saturated carbocycles. The second kappa shape index (κ2) is 10.1. The fourth-order valence-electron chi connectivity index (χ4n) is 3.44. The highest BCUT2D eigenvalue weighted by Crippen LogP contribution is 2.38. The number of nitrogens with one attached hydrogen (secondary N) is 2. The maximum absolute atomic E-state index is 11.7. The number of methoxy groups -OCH3 is 1. The third-order valence-electron chi connectivity index (χ3n) is 5.11. The summed E-state index contributed by atoms with van der Waals surface area (Å²) >= 11 is 0. The van der Waals surface area contributed by atoms with E-state index in [1.165, 1.54) is 12.5 Å². The Kier molecular flexibility index (Phi) is 7.30. The summed E-state index contributed by atoms with van der Waals surface area (Å²) in [7, 11) is 3.66. The topological polar surface area (TPSA) is 79.9 Å². The summed E-state index contributed by atoms with van der Waals surface area (Å²) in [5.41, 5.74) is 3.75. The molecule has 0 fully saturated rings. The third-order valence-corrected chi connectivity index (χ3v) is 5.11. The van der Waals surface area contributed by atoms with Crippen LogP contribution in [0.3, 0.4) is 0 Å².